The second-order valence-electron chi connectivity index (χ2n) is 8.31. The number of amides is 1. The van der Waals surface area contributed by atoms with Crippen LogP contribution in [0.15, 0.2) is 55.1 Å². The number of piperazine rings is 1. The summed E-state index contributed by atoms with van der Waals surface area (Å²) in [5.74, 6) is -0.602. The molecule has 8 heteroatoms. The number of alkyl halides is 3. The van der Waals surface area contributed by atoms with Gasteiger partial charge in [0, 0.05) is 43.4 Å². The van der Waals surface area contributed by atoms with Gasteiger partial charge in [0.1, 0.15) is 0 Å². The fourth-order valence-corrected chi connectivity index (χ4v) is 4.78. The molecule has 4 rings (SSSR count). The molecule has 0 unspecified atom stereocenters. The first-order valence-corrected chi connectivity index (χ1v) is 11.0. The summed E-state index contributed by atoms with van der Waals surface area (Å²) in [6, 6.07) is 11.4. The van der Waals surface area contributed by atoms with Gasteiger partial charge in [-0.3, -0.25) is 9.69 Å². The lowest BCUT2D eigenvalue weighted by Crippen LogP contribution is -2.60. The van der Waals surface area contributed by atoms with Gasteiger partial charge in [-0.15, -0.1) is 6.58 Å². The molecule has 0 radical (unpaired) electrons. The normalized spacial score (nSPS) is 20.9. The molecule has 170 valence electrons. The van der Waals surface area contributed by atoms with Crippen molar-refractivity contribution in [1.29, 1.82) is 0 Å². The van der Waals surface area contributed by atoms with E-state index in [0.717, 1.165) is 30.4 Å². The summed E-state index contributed by atoms with van der Waals surface area (Å²) in [7, 11) is 0. The Hall–Kier alpha value is -2.51. The molecule has 2 aromatic rings. The predicted molar refractivity (Wildman–Crippen MR) is 120 cm³/mol. The van der Waals surface area contributed by atoms with Gasteiger partial charge in [-0.2, -0.15) is 13.2 Å². The van der Waals surface area contributed by atoms with E-state index in [1.807, 2.05) is 24.3 Å². The zero-order valence-corrected chi connectivity index (χ0v) is 18.3. The minimum atomic E-state index is -4.41. The highest BCUT2D eigenvalue weighted by Gasteiger charge is 2.42. The molecule has 2 aromatic carbocycles. The van der Waals surface area contributed by atoms with Crippen molar-refractivity contribution >= 4 is 23.2 Å². The third-order valence-corrected chi connectivity index (χ3v) is 6.45. The Morgan fingerprint density at radius 2 is 1.94 bits per heavy atom. The maximum absolute atomic E-state index is 13.3. The molecule has 0 bridgehead atoms. The molecule has 0 spiro atoms. The van der Waals surface area contributed by atoms with Crippen molar-refractivity contribution in [2.45, 2.75) is 25.2 Å². The van der Waals surface area contributed by atoms with E-state index >= 15 is 0 Å². The average Bonchev–Trinajstić information content (AvgIpc) is 2.77. The van der Waals surface area contributed by atoms with E-state index in [9.17, 15) is 18.0 Å². The molecule has 1 amide bonds. The Morgan fingerprint density at radius 1 is 1.19 bits per heavy atom. The molecule has 2 heterocycles. The summed E-state index contributed by atoms with van der Waals surface area (Å²) in [5, 5.41) is 3.52. The molecule has 1 fully saturated rings. The minimum Gasteiger partial charge on any atom is -0.365 e. The van der Waals surface area contributed by atoms with Crippen LogP contribution in [-0.2, 0) is 23.9 Å². The number of rotatable bonds is 5. The summed E-state index contributed by atoms with van der Waals surface area (Å²) in [4.78, 5) is 17.4. The third kappa shape index (κ3) is 4.79. The van der Waals surface area contributed by atoms with Gasteiger partial charge in [0.2, 0.25) is 5.91 Å². The lowest BCUT2D eigenvalue weighted by Gasteiger charge is -2.49. The Morgan fingerprint density at radius 3 is 2.62 bits per heavy atom. The number of anilines is 1. The van der Waals surface area contributed by atoms with Crippen molar-refractivity contribution in [3.05, 3.63) is 76.8 Å². The lowest BCUT2D eigenvalue weighted by molar-refractivity contribution is -0.137. The molecular weight excluding hydrogens is 439 g/mol. The highest BCUT2D eigenvalue weighted by Crippen LogP contribution is 2.39. The van der Waals surface area contributed by atoms with Crippen molar-refractivity contribution in [1.82, 2.24) is 10.2 Å². The number of benzene rings is 2. The smallest absolute Gasteiger partial charge is 0.365 e. The minimum absolute atomic E-state index is 0.120. The zero-order chi connectivity index (χ0) is 22.9. The van der Waals surface area contributed by atoms with Crippen LogP contribution >= 0.6 is 11.6 Å². The quantitative estimate of drug-likeness (QED) is 0.662. The molecule has 2 aliphatic rings. The van der Waals surface area contributed by atoms with Crippen LogP contribution in [0, 0.1) is 5.92 Å². The third-order valence-electron chi connectivity index (χ3n) is 6.20. The Kier molecular flexibility index (Phi) is 6.49. The van der Waals surface area contributed by atoms with E-state index in [4.69, 9.17) is 11.6 Å². The topological polar surface area (TPSA) is 35.6 Å². The molecule has 1 saturated heterocycles. The molecule has 1 N–H and O–H groups in total. The molecule has 32 heavy (non-hydrogen) atoms. The van der Waals surface area contributed by atoms with Crippen LogP contribution in [0.1, 0.15) is 16.7 Å². The number of fused-ring (bicyclic) bond motifs is 3. The number of nitrogens with one attached hydrogen (secondary N) is 1. The van der Waals surface area contributed by atoms with Gasteiger partial charge < -0.3 is 10.2 Å². The van der Waals surface area contributed by atoms with Gasteiger partial charge in [-0.25, -0.2) is 0 Å². The zero-order valence-electron chi connectivity index (χ0n) is 17.5. The average molecular weight is 464 g/mol. The summed E-state index contributed by atoms with van der Waals surface area (Å²) in [6.45, 7) is 6.72. The van der Waals surface area contributed by atoms with Gasteiger partial charge in [0.05, 0.1) is 17.5 Å². The molecule has 4 nitrogen and oxygen atoms in total. The summed E-state index contributed by atoms with van der Waals surface area (Å²) >= 11 is 5.99. The molecule has 2 aliphatic heterocycles. The lowest BCUT2D eigenvalue weighted by atomic mass is 9.82. The largest absolute Gasteiger partial charge is 0.416 e. The van der Waals surface area contributed by atoms with Crippen molar-refractivity contribution in [2.24, 2.45) is 5.92 Å². The van der Waals surface area contributed by atoms with Gasteiger partial charge in [0.25, 0.3) is 0 Å². The van der Waals surface area contributed by atoms with Crippen molar-refractivity contribution < 1.29 is 18.0 Å². The Labute approximate surface area is 190 Å². The number of hydrogen-bond donors (Lipinski definition) is 1. The van der Waals surface area contributed by atoms with E-state index < -0.39 is 17.7 Å². The number of nitrogens with zero attached hydrogens (tertiary/aromatic N) is 2. The second kappa shape index (κ2) is 9.16. The van der Waals surface area contributed by atoms with Crippen LogP contribution < -0.4 is 10.2 Å². The van der Waals surface area contributed by atoms with E-state index in [1.165, 1.54) is 6.07 Å². The Bertz CT molecular complexity index is 993. The van der Waals surface area contributed by atoms with Gasteiger partial charge in [0.15, 0.2) is 0 Å². The van der Waals surface area contributed by atoms with Crippen LogP contribution in [0.3, 0.4) is 0 Å². The number of carbonyl (C=O) groups excluding carboxylic acids is 1. The van der Waals surface area contributed by atoms with E-state index in [2.05, 4.69) is 21.7 Å². The first-order chi connectivity index (χ1) is 15.3. The second-order valence-corrected chi connectivity index (χ2v) is 8.74. The van der Waals surface area contributed by atoms with Crippen LogP contribution in [0.4, 0.5) is 18.9 Å². The maximum atomic E-state index is 13.3. The number of halogens is 4. The van der Waals surface area contributed by atoms with E-state index in [-0.39, 0.29) is 18.4 Å². The van der Waals surface area contributed by atoms with E-state index in [0.29, 0.717) is 30.2 Å². The predicted octanol–water partition coefficient (Wildman–Crippen LogP) is 4.52. The summed E-state index contributed by atoms with van der Waals surface area (Å²) in [6.07, 6.45) is -2.54. The SMILES string of the molecule is C=CCNC(=O)[C@H]1Cc2cc(C(F)(F)F)ccc2N2CCN(Cc3ccc(Cl)cc3)C[C@@H]12. The van der Waals surface area contributed by atoms with Crippen molar-refractivity contribution in [2.75, 3.05) is 31.1 Å². The molecular formula is C24H25ClF3N3O. The summed E-state index contributed by atoms with van der Waals surface area (Å²) < 4.78 is 39.8. The maximum Gasteiger partial charge on any atom is 0.416 e. The van der Waals surface area contributed by atoms with Crippen molar-refractivity contribution in [3.63, 3.8) is 0 Å². The fraction of sp³-hybridized carbons (Fsp3) is 0.375. The highest BCUT2D eigenvalue weighted by molar-refractivity contribution is 6.30. The van der Waals surface area contributed by atoms with Gasteiger partial charge >= 0.3 is 6.18 Å². The first kappa shape index (κ1) is 22.7. The monoisotopic (exact) mass is 463 g/mol. The van der Waals surface area contributed by atoms with Gasteiger partial charge in [-0.1, -0.05) is 29.8 Å². The highest BCUT2D eigenvalue weighted by atomic mass is 35.5. The molecule has 0 aliphatic carbocycles. The summed E-state index contributed by atoms with van der Waals surface area (Å²) in [5.41, 5.74) is 1.81. The number of hydrogen-bond acceptors (Lipinski definition) is 3. The standard InChI is InChI=1S/C24H25ClF3N3O/c1-2-9-29-23(32)20-13-17-12-18(24(26,27)28)5-8-21(17)31-11-10-30(15-22(20)31)14-16-3-6-19(25)7-4-16/h2-8,12,20,22H,1,9-11,13-15H2,(H,29,32)/t20-,22-/m0/s1. The molecule has 0 saturated carbocycles. The van der Waals surface area contributed by atoms with Crippen LogP contribution in [0.5, 0.6) is 0 Å². The molecule has 2 atom stereocenters. The first-order valence-electron chi connectivity index (χ1n) is 10.6. The van der Waals surface area contributed by atoms with Crippen molar-refractivity contribution in [3.8, 4) is 0 Å². The number of carbonyl (C=O) groups is 1. The Balaban J connectivity index is 1.61. The van der Waals surface area contributed by atoms with Crippen LogP contribution in [0.25, 0.3) is 0 Å². The molecule has 0 aromatic heterocycles. The van der Waals surface area contributed by atoms with Gasteiger partial charge in [-0.05, 0) is 47.9 Å². The van der Waals surface area contributed by atoms with E-state index in [1.54, 1.807) is 12.1 Å². The van der Waals surface area contributed by atoms with Crippen LogP contribution in [0.2, 0.25) is 5.02 Å². The fourth-order valence-electron chi connectivity index (χ4n) is 4.65. The van der Waals surface area contributed by atoms with Crippen LogP contribution in [-0.4, -0.2) is 43.0 Å².